The van der Waals surface area contributed by atoms with E-state index in [2.05, 4.69) is 11.4 Å². The highest BCUT2D eigenvalue weighted by molar-refractivity contribution is 7.10. The van der Waals surface area contributed by atoms with Gasteiger partial charge in [-0.25, -0.2) is 0 Å². The predicted molar refractivity (Wildman–Crippen MR) is 82.7 cm³/mol. The third-order valence-corrected chi connectivity index (χ3v) is 4.19. The van der Waals surface area contributed by atoms with Gasteiger partial charge in [-0.05, 0) is 37.2 Å². The largest absolute Gasteiger partial charge is 0.483 e. The van der Waals surface area contributed by atoms with Crippen molar-refractivity contribution < 1.29 is 4.74 Å². The average molecular weight is 316 g/mol. The minimum absolute atomic E-state index is 0.0107. The van der Waals surface area contributed by atoms with Crippen molar-refractivity contribution in [1.82, 2.24) is 5.32 Å². The third-order valence-electron chi connectivity index (χ3n) is 2.68. The zero-order valence-electron chi connectivity index (χ0n) is 10.5. The Labute approximate surface area is 127 Å². The quantitative estimate of drug-likeness (QED) is 0.828. The zero-order chi connectivity index (χ0) is 13.7. The molecule has 0 spiro atoms. The average Bonchev–Trinajstić information content (AvgIpc) is 2.92. The molecule has 1 atom stereocenters. The molecular formula is C14H15Cl2NOS. The van der Waals surface area contributed by atoms with Crippen LogP contribution in [-0.2, 0) is 0 Å². The fraction of sp³-hybridized carbons (Fsp3) is 0.286. The lowest BCUT2D eigenvalue weighted by Crippen LogP contribution is -2.15. The van der Waals surface area contributed by atoms with Crippen molar-refractivity contribution in [3.05, 3.63) is 50.6 Å². The maximum atomic E-state index is 6.14. The molecule has 19 heavy (non-hydrogen) atoms. The second kappa shape index (κ2) is 7.15. The molecule has 0 saturated carbocycles. The smallest absolute Gasteiger partial charge is 0.140 e. The van der Waals surface area contributed by atoms with E-state index < -0.39 is 0 Å². The number of thiophene rings is 1. The first-order chi connectivity index (χ1) is 9.20. The van der Waals surface area contributed by atoms with Crippen molar-refractivity contribution in [3.63, 3.8) is 0 Å². The highest BCUT2D eigenvalue weighted by Crippen LogP contribution is 2.34. The number of rotatable bonds is 6. The Balaban J connectivity index is 2.17. The van der Waals surface area contributed by atoms with E-state index in [1.165, 1.54) is 4.88 Å². The van der Waals surface area contributed by atoms with Gasteiger partial charge in [0.05, 0.1) is 5.02 Å². The SMILES string of the molecule is CNCC[C@H](Oc1cc(Cl)ccc1Cl)c1cccs1. The molecule has 0 aliphatic carbocycles. The molecule has 0 fully saturated rings. The van der Waals surface area contributed by atoms with Crippen molar-refractivity contribution in [2.45, 2.75) is 12.5 Å². The zero-order valence-corrected chi connectivity index (χ0v) is 12.9. The molecule has 1 N–H and O–H groups in total. The molecule has 0 saturated heterocycles. The summed E-state index contributed by atoms with van der Waals surface area (Å²) in [5, 5.41) is 6.39. The Hall–Kier alpha value is -0.740. The first kappa shape index (κ1) is 14.7. The summed E-state index contributed by atoms with van der Waals surface area (Å²) in [6.45, 7) is 0.876. The van der Waals surface area contributed by atoms with Crippen molar-refractivity contribution in [1.29, 1.82) is 0 Å². The molecule has 1 aromatic heterocycles. The minimum atomic E-state index is -0.0107. The van der Waals surface area contributed by atoms with Crippen LogP contribution < -0.4 is 10.1 Å². The van der Waals surface area contributed by atoms with Crippen LogP contribution in [-0.4, -0.2) is 13.6 Å². The van der Waals surface area contributed by atoms with Gasteiger partial charge in [0, 0.05) is 22.4 Å². The lowest BCUT2D eigenvalue weighted by Gasteiger charge is -2.19. The minimum Gasteiger partial charge on any atom is -0.483 e. The maximum Gasteiger partial charge on any atom is 0.140 e. The number of nitrogens with one attached hydrogen (secondary N) is 1. The molecule has 5 heteroatoms. The number of ether oxygens (including phenoxy) is 1. The first-order valence-corrected chi connectivity index (χ1v) is 7.64. The normalized spacial score (nSPS) is 12.4. The molecule has 2 rings (SSSR count). The summed E-state index contributed by atoms with van der Waals surface area (Å²) in [4.78, 5) is 1.19. The summed E-state index contributed by atoms with van der Waals surface area (Å²) in [6, 6.07) is 9.36. The van der Waals surface area contributed by atoms with Gasteiger partial charge in [0.25, 0.3) is 0 Å². The molecule has 2 nitrogen and oxygen atoms in total. The number of benzene rings is 1. The molecular weight excluding hydrogens is 301 g/mol. The van der Waals surface area contributed by atoms with Crippen molar-refractivity contribution >= 4 is 34.5 Å². The van der Waals surface area contributed by atoms with Crippen LogP contribution >= 0.6 is 34.5 Å². The van der Waals surface area contributed by atoms with Gasteiger partial charge in [-0.15, -0.1) is 11.3 Å². The van der Waals surface area contributed by atoms with E-state index in [0.717, 1.165) is 13.0 Å². The van der Waals surface area contributed by atoms with Crippen LogP contribution in [0.2, 0.25) is 10.0 Å². The first-order valence-electron chi connectivity index (χ1n) is 6.00. The molecule has 1 aromatic carbocycles. The van der Waals surface area contributed by atoms with Gasteiger partial charge in [-0.1, -0.05) is 29.3 Å². The van der Waals surface area contributed by atoms with E-state index in [0.29, 0.717) is 15.8 Å². The molecule has 0 radical (unpaired) electrons. The fourth-order valence-corrected chi connectivity index (χ4v) is 2.84. The molecule has 0 bridgehead atoms. The van der Waals surface area contributed by atoms with Crippen LogP contribution in [0.3, 0.4) is 0 Å². The topological polar surface area (TPSA) is 21.3 Å². The predicted octanol–water partition coefficient (Wildman–Crippen LogP) is 4.78. The Bertz CT molecular complexity index is 516. The number of hydrogen-bond acceptors (Lipinski definition) is 3. The van der Waals surface area contributed by atoms with E-state index >= 15 is 0 Å². The van der Waals surface area contributed by atoms with Crippen molar-refractivity contribution in [3.8, 4) is 5.75 Å². The van der Waals surface area contributed by atoms with Gasteiger partial charge >= 0.3 is 0 Å². The molecule has 0 aliphatic rings. The van der Waals surface area contributed by atoms with Crippen molar-refractivity contribution in [2.75, 3.05) is 13.6 Å². The lowest BCUT2D eigenvalue weighted by atomic mass is 10.2. The second-order valence-corrected chi connectivity index (χ2v) is 5.91. The molecule has 0 unspecified atom stereocenters. The Kier molecular flexibility index (Phi) is 5.52. The summed E-state index contributed by atoms with van der Waals surface area (Å²) < 4.78 is 6.03. The molecule has 2 aromatic rings. The van der Waals surface area contributed by atoms with Gasteiger partial charge in [-0.3, -0.25) is 0 Å². The Morgan fingerprint density at radius 3 is 2.84 bits per heavy atom. The Morgan fingerprint density at radius 2 is 2.16 bits per heavy atom. The number of hydrogen-bond donors (Lipinski definition) is 1. The lowest BCUT2D eigenvalue weighted by molar-refractivity contribution is 0.199. The van der Waals surface area contributed by atoms with Crippen LogP contribution in [0.1, 0.15) is 17.4 Å². The van der Waals surface area contributed by atoms with E-state index in [1.54, 1.807) is 29.5 Å². The van der Waals surface area contributed by atoms with Crippen LogP contribution in [0, 0.1) is 0 Å². The van der Waals surface area contributed by atoms with Crippen LogP contribution in [0.5, 0.6) is 5.75 Å². The summed E-state index contributed by atoms with van der Waals surface area (Å²) in [5.74, 6) is 0.628. The van der Waals surface area contributed by atoms with Gasteiger partial charge < -0.3 is 10.1 Å². The van der Waals surface area contributed by atoms with Crippen LogP contribution in [0.4, 0.5) is 0 Å². The van der Waals surface area contributed by atoms with Crippen LogP contribution in [0.25, 0.3) is 0 Å². The van der Waals surface area contributed by atoms with E-state index in [4.69, 9.17) is 27.9 Å². The summed E-state index contributed by atoms with van der Waals surface area (Å²) in [6.07, 6.45) is 0.864. The van der Waals surface area contributed by atoms with Gasteiger partial charge in [0.15, 0.2) is 0 Å². The molecule has 0 aliphatic heterocycles. The summed E-state index contributed by atoms with van der Waals surface area (Å²) in [5.41, 5.74) is 0. The third kappa shape index (κ3) is 4.11. The maximum absolute atomic E-state index is 6.14. The molecule has 1 heterocycles. The van der Waals surface area contributed by atoms with E-state index in [1.807, 2.05) is 18.5 Å². The number of halogens is 2. The highest BCUT2D eigenvalue weighted by Gasteiger charge is 2.16. The van der Waals surface area contributed by atoms with Crippen LogP contribution in [0.15, 0.2) is 35.7 Å². The molecule has 102 valence electrons. The summed E-state index contributed by atoms with van der Waals surface area (Å²) in [7, 11) is 1.93. The van der Waals surface area contributed by atoms with Crippen molar-refractivity contribution in [2.24, 2.45) is 0 Å². The van der Waals surface area contributed by atoms with Gasteiger partial charge in [-0.2, -0.15) is 0 Å². The Morgan fingerprint density at radius 1 is 1.32 bits per heavy atom. The highest BCUT2D eigenvalue weighted by atomic mass is 35.5. The van der Waals surface area contributed by atoms with Gasteiger partial charge in [0.1, 0.15) is 11.9 Å². The van der Waals surface area contributed by atoms with E-state index in [9.17, 15) is 0 Å². The second-order valence-electron chi connectivity index (χ2n) is 4.09. The summed E-state index contributed by atoms with van der Waals surface area (Å²) >= 11 is 13.8. The molecule has 0 amide bonds. The standard InChI is InChI=1S/C14H15Cl2NOS/c1-17-7-6-12(14-3-2-8-19-14)18-13-9-10(15)4-5-11(13)16/h2-5,8-9,12,17H,6-7H2,1H3/t12-/m0/s1. The monoisotopic (exact) mass is 315 g/mol. The van der Waals surface area contributed by atoms with Gasteiger partial charge in [0.2, 0.25) is 0 Å². The fourth-order valence-electron chi connectivity index (χ4n) is 1.73. The van der Waals surface area contributed by atoms with E-state index in [-0.39, 0.29) is 6.10 Å².